The summed E-state index contributed by atoms with van der Waals surface area (Å²) < 4.78 is 1.76. The Morgan fingerprint density at radius 3 is 2.60 bits per heavy atom. The van der Waals surface area contributed by atoms with Crippen molar-refractivity contribution < 1.29 is 4.79 Å². The molecule has 0 aliphatic carbocycles. The van der Waals surface area contributed by atoms with E-state index in [-0.39, 0.29) is 10.9 Å². The van der Waals surface area contributed by atoms with Crippen LogP contribution in [-0.2, 0) is 6.54 Å². The van der Waals surface area contributed by atoms with Crippen LogP contribution in [0.3, 0.4) is 0 Å². The Kier molecular flexibility index (Phi) is 6.02. The SMILES string of the molecule is Cc1ccc(CNC(=O)c2nnc(/C(Cl)=C/c3cnn(-c4ccccc4)c3)s2)cc1. The van der Waals surface area contributed by atoms with Gasteiger partial charge >= 0.3 is 0 Å². The van der Waals surface area contributed by atoms with Gasteiger partial charge in [-0.1, -0.05) is 71.0 Å². The number of hydrogen-bond acceptors (Lipinski definition) is 5. The summed E-state index contributed by atoms with van der Waals surface area (Å²) in [6.07, 6.45) is 5.34. The first-order chi connectivity index (χ1) is 14.6. The molecule has 0 aliphatic heterocycles. The van der Waals surface area contributed by atoms with Gasteiger partial charge in [-0.25, -0.2) is 4.68 Å². The van der Waals surface area contributed by atoms with E-state index in [1.807, 2.05) is 67.7 Å². The molecule has 0 spiro atoms. The average Bonchev–Trinajstić information content (AvgIpc) is 3.44. The molecule has 0 radical (unpaired) electrons. The third kappa shape index (κ3) is 4.82. The van der Waals surface area contributed by atoms with Gasteiger partial charge in [-0.2, -0.15) is 5.10 Å². The van der Waals surface area contributed by atoms with Crippen molar-refractivity contribution in [2.75, 3.05) is 0 Å². The molecule has 2 aromatic heterocycles. The minimum absolute atomic E-state index is 0.267. The molecule has 6 nitrogen and oxygen atoms in total. The van der Waals surface area contributed by atoms with Crippen LogP contribution < -0.4 is 5.32 Å². The second-order valence-electron chi connectivity index (χ2n) is 6.63. The third-order valence-corrected chi connectivity index (χ3v) is 5.67. The van der Waals surface area contributed by atoms with E-state index in [0.29, 0.717) is 16.6 Å². The Labute approximate surface area is 182 Å². The smallest absolute Gasteiger partial charge is 0.282 e. The summed E-state index contributed by atoms with van der Waals surface area (Å²) in [7, 11) is 0. The summed E-state index contributed by atoms with van der Waals surface area (Å²) in [5.74, 6) is -0.277. The number of nitrogens with one attached hydrogen (secondary N) is 1. The van der Waals surface area contributed by atoms with Gasteiger partial charge < -0.3 is 5.32 Å². The first-order valence-electron chi connectivity index (χ1n) is 9.23. The summed E-state index contributed by atoms with van der Waals surface area (Å²) in [6.45, 7) is 2.45. The van der Waals surface area contributed by atoms with Gasteiger partial charge in [0.15, 0.2) is 5.01 Å². The van der Waals surface area contributed by atoms with E-state index >= 15 is 0 Å². The van der Waals surface area contributed by atoms with Crippen molar-refractivity contribution in [2.24, 2.45) is 0 Å². The van der Waals surface area contributed by atoms with Crippen LogP contribution in [-0.4, -0.2) is 25.9 Å². The fourth-order valence-electron chi connectivity index (χ4n) is 2.72. The Bertz CT molecular complexity index is 1180. The van der Waals surface area contributed by atoms with Crippen LogP contribution in [0.1, 0.15) is 31.5 Å². The molecule has 0 atom stereocenters. The zero-order valence-corrected chi connectivity index (χ0v) is 17.7. The van der Waals surface area contributed by atoms with Gasteiger partial charge in [0.2, 0.25) is 5.01 Å². The first kappa shape index (κ1) is 20.0. The fraction of sp³-hybridized carbons (Fsp3) is 0.0909. The summed E-state index contributed by atoms with van der Waals surface area (Å²) in [5.41, 5.74) is 3.97. The zero-order valence-electron chi connectivity index (χ0n) is 16.1. The standard InChI is InChI=1S/C22H18ClN5OS/c1-15-7-9-16(10-8-15)12-24-20(29)22-27-26-21(30-22)19(23)11-17-13-25-28(14-17)18-5-3-2-4-6-18/h2-11,13-14H,12H2,1H3,(H,24,29)/b19-11-. The molecule has 30 heavy (non-hydrogen) atoms. The van der Waals surface area contributed by atoms with Gasteiger partial charge in [0.25, 0.3) is 5.91 Å². The molecule has 0 aliphatic rings. The number of para-hydroxylation sites is 1. The van der Waals surface area contributed by atoms with Gasteiger partial charge in [-0.3, -0.25) is 4.79 Å². The third-order valence-electron chi connectivity index (χ3n) is 4.31. The van der Waals surface area contributed by atoms with E-state index in [1.54, 1.807) is 17.0 Å². The van der Waals surface area contributed by atoms with Crippen molar-refractivity contribution in [1.29, 1.82) is 0 Å². The van der Waals surface area contributed by atoms with Crippen LogP contribution in [0.2, 0.25) is 0 Å². The van der Waals surface area contributed by atoms with Crippen LogP contribution in [0.15, 0.2) is 67.0 Å². The highest BCUT2D eigenvalue weighted by Gasteiger charge is 2.14. The maximum atomic E-state index is 12.4. The lowest BCUT2D eigenvalue weighted by Crippen LogP contribution is -2.22. The first-order valence-corrected chi connectivity index (χ1v) is 10.4. The van der Waals surface area contributed by atoms with E-state index in [0.717, 1.165) is 28.2 Å². The topological polar surface area (TPSA) is 72.7 Å². The minimum atomic E-state index is -0.277. The molecule has 4 aromatic rings. The molecule has 4 rings (SSSR count). The van der Waals surface area contributed by atoms with Gasteiger partial charge in [-0.15, -0.1) is 10.2 Å². The number of halogens is 1. The molecule has 0 bridgehead atoms. The van der Waals surface area contributed by atoms with Crippen molar-refractivity contribution in [1.82, 2.24) is 25.3 Å². The number of carbonyl (C=O) groups excluding carboxylic acids is 1. The molecular formula is C22H18ClN5OS. The molecular weight excluding hydrogens is 418 g/mol. The van der Waals surface area contributed by atoms with Crippen molar-refractivity contribution >= 4 is 40.0 Å². The van der Waals surface area contributed by atoms with E-state index in [4.69, 9.17) is 11.6 Å². The van der Waals surface area contributed by atoms with Crippen molar-refractivity contribution in [2.45, 2.75) is 13.5 Å². The van der Waals surface area contributed by atoms with Gasteiger partial charge in [0.05, 0.1) is 16.9 Å². The molecule has 0 saturated carbocycles. The van der Waals surface area contributed by atoms with Crippen LogP contribution in [0.4, 0.5) is 0 Å². The van der Waals surface area contributed by atoms with Crippen molar-refractivity contribution in [3.63, 3.8) is 0 Å². The summed E-state index contributed by atoms with van der Waals surface area (Å²) in [6, 6.07) is 17.8. The molecule has 0 unspecified atom stereocenters. The van der Waals surface area contributed by atoms with E-state index < -0.39 is 0 Å². The Morgan fingerprint density at radius 2 is 1.83 bits per heavy atom. The average molecular weight is 436 g/mol. The number of hydrogen-bond donors (Lipinski definition) is 1. The number of rotatable bonds is 6. The molecule has 1 amide bonds. The van der Waals surface area contributed by atoms with Gasteiger partial charge in [0.1, 0.15) is 0 Å². The Morgan fingerprint density at radius 1 is 1.10 bits per heavy atom. The monoisotopic (exact) mass is 435 g/mol. The number of nitrogens with zero attached hydrogens (tertiary/aromatic N) is 4. The zero-order chi connectivity index (χ0) is 20.9. The number of carbonyl (C=O) groups is 1. The lowest BCUT2D eigenvalue weighted by molar-refractivity contribution is 0.0950. The summed E-state index contributed by atoms with van der Waals surface area (Å²) >= 11 is 7.55. The molecule has 8 heteroatoms. The summed E-state index contributed by atoms with van der Waals surface area (Å²) in [4.78, 5) is 12.4. The fourth-order valence-corrected chi connectivity index (χ4v) is 3.66. The normalized spacial score (nSPS) is 11.5. The molecule has 2 heterocycles. The lowest BCUT2D eigenvalue weighted by Gasteiger charge is -2.03. The molecule has 0 saturated heterocycles. The van der Waals surface area contributed by atoms with E-state index in [1.165, 1.54) is 5.56 Å². The maximum Gasteiger partial charge on any atom is 0.282 e. The lowest BCUT2D eigenvalue weighted by atomic mass is 10.1. The highest BCUT2D eigenvalue weighted by atomic mass is 35.5. The highest BCUT2D eigenvalue weighted by Crippen LogP contribution is 2.25. The molecule has 1 N–H and O–H groups in total. The maximum absolute atomic E-state index is 12.4. The Balaban J connectivity index is 1.42. The Hall–Kier alpha value is -3.29. The highest BCUT2D eigenvalue weighted by molar-refractivity contribution is 7.15. The predicted molar refractivity (Wildman–Crippen MR) is 120 cm³/mol. The van der Waals surface area contributed by atoms with Crippen LogP contribution in [0.25, 0.3) is 16.8 Å². The van der Waals surface area contributed by atoms with Crippen LogP contribution >= 0.6 is 22.9 Å². The van der Waals surface area contributed by atoms with Crippen LogP contribution in [0.5, 0.6) is 0 Å². The van der Waals surface area contributed by atoms with Gasteiger partial charge in [-0.05, 0) is 30.7 Å². The minimum Gasteiger partial charge on any atom is -0.346 e. The second-order valence-corrected chi connectivity index (χ2v) is 8.01. The number of aromatic nitrogens is 4. The largest absolute Gasteiger partial charge is 0.346 e. The van der Waals surface area contributed by atoms with Crippen molar-refractivity contribution in [3.8, 4) is 5.69 Å². The summed E-state index contributed by atoms with van der Waals surface area (Å²) in [5, 5.41) is 16.4. The second kappa shape index (κ2) is 9.02. The molecule has 0 fully saturated rings. The van der Waals surface area contributed by atoms with Crippen molar-refractivity contribution in [3.05, 3.63) is 93.7 Å². The quantitative estimate of drug-likeness (QED) is 0.476. The number of benzene rings is 2. The molecule has 2 aromatic carbocycles. The van der Waals surface area contributed by atoms with E-state index in [2.05, 4.69) is 20.6 Å². The molecule has 150 valence electrons. The van der Waals surface area contributed by atoms with E-state index in [9.17, 15) is 4.79 Å². The van der Waals surface area contributed by atoms with Gasteiger partial charge in [0, 0.05) is 18.3 Å². The van der Waals surface area contributed by atoms with Crippen LogP contribution in [0, 0.1) is 6.92 Å². The number of amides is 1. The number of aryl methyl sites for hydroxylation is 1. The predicted octanol–water partition coefficient (Wildman–Crippen LogP) is 4.70.